The van der Waals surface area contributed by atoms with E-state index >= 15 is 0 Å². The molecule has 0 bridgehead atoms. The van der Waals surface area contributed by atoms with Crippen LogP contribution in [0.2, 0.25) is 0 Å². The third kappa shape index (κ3) is 4.03. The zero-order valence-electron chi connectivity index (χ0n) is 9.66. The molecule has 15 heavy (non-hydrogen) atoms. The van der Waals surface area contributed by atoms with E-state index in [2.05, 4.69) is 12.2 Å². The maximum Gasteiger partial charge on any atom is 0.236 e. The molecule has 0 heterocycles. The van der Waals surface area contributed by atoms with Crippen LogP contribution in [-0.4, -0.2) is 29.0 Å². The van der Waals surface area contributed by atoms with Crippen LogP contribution in [0.5, 0.6) is 0 Å². The lowest BCUT2D eigenvalue weighted by atomic mass is 9.94. The molecule has 88 valence electrons. The van der Waals surface area contributed by atoms with E-state index in [0.29, 0.717) is 11.3 Å². The lowest BCUT2D eigenvalue weighted by Gasteiger charge is -2.32. The fourth-order valence-electron chi connectivity index (χ4n) is 1.99. The van der Waals surface area contributed by atoms with Crippen LogP contribution in [0.15, 0.2) is 0 Å². The van der Waals surface area contributed by atoms with Crippen LogP contribution in [0.3, 0.4) is 0 Å². The van der Waals surface area contributed by atoms with Gasteiger partial charge >= 0.3 is 0 Å². The van der Waals surface area contributed by atoms with E-state index in [1.807, 2.05) is 11.8 Å². The summed E-state index contributed by atoms with van der Waals surface area (Å²) in [6.45, 7) is 3.91. The van der Waals surface area contributed by atoms with E-state index in [0.717, 1.165) is 12.2 Å². The quantitative estimate of drug-likeness (QED) is 0.770. The predicted octanol–water partition coefficient (Wildman–Crippen LogP) is 1.51. The van der Waals surface area contributed by atoms with E-state index in [1.54, 1.807) is 6.92 Å². The van der Waals surface area contributed by atoms with Crippen molar-refractivity contribution in [2.24, 2.45) is 5.73 Å². The van der Waals surface area contributed by atoms with Crippen LogP contribution in [0, 0.1) is 0 Å². The summed E-state index contributed by atoms with van der Waals surface area (Å²) in [6.07, 6.45) is 4.85. The van der Waals surface area contributed by atoms with E-state index in [1.165, 1.54) is 19.3 Å². The van der Waals surface area contributed by atoms with E-state index in [9.17, 15) is 4.79 Å². The molecule has 1 rings (SSSR count). The smallest absolute Gasteiger partial charge is 0.236 e. The number of carbonyl (C=O) groups is 1. The summed E-state index contributed by atoms with van der Waals surface area (Å²) in [7, 11) is 0. The van der Waals surface area contributed by atoms with Gasteiger partial charge < -0.3 is 11.1 Å². The van der Waals surface area contributed by atoms with Crippen molar-refractivity contribution >= 4 is 17.7 Å². The van der Waals surface area contributed by atoms with Gasteiger partial charge in [-0.2, -0.15) is 11.8 Å². The van der Waals surface area contributed by atoms with Crippen molar-refractivity contribution in [1.29, 1.82) is 0 Å². The average molecular weight is 230 g/mol. The fraction of sp³-hybridized carbons (Fsp3) is 0.909. The normalized spacial score (nSPS) is 28.5. The monoisotopic (exact) mass is 230 g/mol. The number of nitrogens with two attached hydrogens (primary N) is 1. The first-order valence-electron chi connectivity index (χ1n) is 5.82. The Morgan fingerprint density at radius 2 is 2.20 bits per heavy atom. The highest BCUT2D eigenvalue weighted by Crippen LogP contribution is 2.28. The molecule has 1 amide bonds. The second kappa shape index (κ2) is 6.38. The Morgan fingerprint density at radius 3 is 2.80 bits per heavy atom. The van der Waals surface area contributed by atoms with Crippen molar-refractivity contribution in [3.63, 3.8) is 0 Å². The fourth-order valence-corrected chi connectivity index (χ4v) is 3.19. The van der Waals surface area contributed by atoms with Gasteiger partial charge in [0.2, 0.25) is 5.91 Å². The van der Waals surface area contributed by atoms with E-state index in [4.69, 9.17) is 5.73 Å². The maximum absolute atomic E-state index is 11.5. The second-order valence-corrected chi connectivity index (χ2v) is 5.70. The van der Waals surface area contributed by atoms with Crippen LogP contribution < -0.4 is 11.1 Å². The molecule has 0 aromatic heterocycles. The number of rotatable bonds is 4. The number of hydrogen-bond donors (Lipinski definition) is 2. The Labute approximate surface area is 96.6 Å². The van der Waals surface area contributed by atoms with Gasteiger partial charge in [-0.15, -0.1) is 0 Å². The molecule has 1 aliphatic rings. The summed E-state index contributed by atoms with van der Waals surface area (Å²) in [5, 5.41) is 3.66. The summed E-state index contributed by atoms with van der Waals surface area (Å²) in [5.74, 6) is 1.11. The van der Waals surface area contributed by atoms with Gasteiger partial charge in [-0.25, -0.2) is 0 Å². The molecule has 3 atom stereocenters. The molecule has 0 aliphatic heterocycles. The molecule has 0 aromatic carbocycles. The van der Waals surface area contributed by atoms with Crippen LogP contribution in [-0.2, 0) is 4.79 Å². The van der Waals surface area contributed by atoms with Gasteiger partial charge in [-0.3, -0.25) is 4.79 Å². The average Bonchev–Trinajstić information content (AvgIpc) is 2.21. The first-order chi connectivity index (χ1) is 7.15. The molecule has 1 saturated carbocycles. The van der Waals surface area contributed by atoms with Crippen molar-refractivity contribution in [3.05, 3.63) is 0 Å². The van der Waals surface area contributed by atoms with Gasteiger partial charge in [0.25, 0.3) is 0 Å². The highest BCUT2D eigenvalue weighted by molar-refractivity contribution is 7.99. The molecule has 0 aromatic rings. The molecular formula is C11H22N2OS. The molecule has 0 radical (unpaired) electrons. The second-order valence-electron chi connectivity index (χ2n) is 4.18. The molecule has 1 fully saturated rings. The van der Waals surface area contributed by atoms with Crippen molar-refractivity contribution in [2.75, 3.05) is 5.75 Å². The molecule has 4 heteroatoms. The number of thioether (sulfide) groups is 1. The minimum atomic E-state index is -0.390. The van der Waals surface area contributed by atoms with Gasteiger partial charge in [0, 0.05) is 11.3 Å². The van der Waals surface area contributed by atoms with Crippen molar-refractivity contribution in [3.8, 4) is 0 Å². The molecule has 0 spiro atoms. The topological polar surface area (TPSA) is 55.1 Å². The summed E-state index contributed by atoms with van der Waals surface area (Å²) < 4.78 is 0. The molecule has 2 unspecified atom stereocenters. The molecule has 3 N–H and O–H groups in total. The number of hydrogen-bond acceptors (Lipinski definition) is 3. The van der Waals surface area contributed by atoms with Gasteiger partial charge in [-0.05, 0) is 25.5 Å². The van der Waals surface area contributed by atoms with Gasteiger partial charge in [0.05, 0.1) is 6.04 Å². The van der Waals surface area contributed by atoms with Crippen LogP contribution >= 0.6 is 11.8 Å². The minimum absolute atomic E-state index is 0.0106. The number of nitrogens with one attached hydrogen (secondary N) is 1. The van der Waals surface area contributed by atoms with Crippen LogP contribution in [0.25, 0.3) is 0 Å². The van der Waals surface area contributed by atoms with Gasteiger partial charge in [-0.1, -0.05) is 19.8 Å². The molecular weight excluding hydrogens is 208 g/mol. The van der Waals surface area contributed by atoms with Crippen LogP contribution in [0.1, 0.15) is 39.5 Å². The van der Waals surface area contributed by atoms with Gasteiger partial charge in [0.1, 0.15) is 0 Å². The van der Waals surface area contributed by atoms with E-state index < -0.39 is 0 Å². The van der Waals surface area contributed by atoms with Crippen molar-refractivity contribution in [1.82, 2.24) is 5.32 Å². The summed E-state index contributed by atoms with van der Waals surface area (Å²) in [6, 6.07) is -0.0543. The molecule has 0 saturated heterocycles. The van der Waals surface area contributed by atoms with Crippen molar-refractivity contribution < 1.29 is 4.79 Å². The standard InChI is InChI=1S/C11H22N2OS/c1-3-15-10-7-5-4-6-9(10)13-11(14)8(2)12/h8-10H,3-7,12H2,1-2H3,(H,13,14)/t8-,9?,10?/m0/s1. The SMILES string of the molecule is CCSC1CCCCC1NC(=O)[C@H](C)N. The Balaban J connectivity index is 2.45. The Bertz CT molecular complexity index is 207. The number of amides is 1. The molecule has 3 nitrogen and oxygen atoms in total. The third-order valence-corrected chi connectivity index (χ3v) is 4.15. The Hall–Kier alpha value is -0.220. The van der Waals surface area contributed by atoms with Gasteiger partial charge in [0.15, 0.2) is 0 Å². The first kappa shape index (κ1) is 12.8. The zero-order valence-corrected chi connectivity index (χ0v) is 10.5. The lowest BCUT2D eigenvalue weighted by molar-refractivity contribution is -0.122. The largest absolute Gasteiger partial charge is 0.351 e. The number of carbonyl (C=O) groups excluding carboxylic acids is 1. The van der Waals surface area contributed by atoms with Crippen molar-refractivity contribution in [2.45, 2.75) is 56.9 Å². The summed E-state index contributed by atoms with van der Waals surface area (Å²) in [5.41, 5.74) is 5.55. The third-order valence-electron chi connectivity index (χ3n) is 2.82. The predicted molar refractivity (Wildman–Crippen MR) is 66.0 cm³/mol. The highest BCUT2D eigenvalue weighted by atomic mass is 32.2. The maximum atomic E-state index is 11.5. The zero-order chi connectivity index (χ0) is 11.3. The first-order valence-corrected chi connectivity index (χ1v) is 6.87. The lowest BCUT2D eigenvalue weighted by Crippen LogP contribution is -2.49. The minimum Gasteiger partial charge on any atom is -0.351 e. The summed E-state index contributed by atoms with van der Waals surface area (Å²) >= 11 is 1.96. The molecule has 1 aliphatic carbocycles. The van der Waals surface area contributed by atoms with Crippen LogP contribution in [0.4, 0.5) is 0 Å². The summed E-state index contributed by atoms with van der Waals surface area (Å²) in [4.78, 5) is 11.5. The Morgan fingerprint density at radius 1 is 1.53 bits per heavy atom. The highest BCUT2D eigenvalue weighted by Gasteiger charge is 2.26. The Kier molecular flexibility index (Phi) is 5.47. The van der Waals surface area contributed by atoms with E-state index in [-0.39, 0.29) is 11.9 Å².